The molecule has 0 aliphatic heterocycles. The number of hydrogen-bond acceptors (Lipinski definition) is 0. The topological polar surface area (TPSA) is 0 Å². The highest BCUT2D eigenvalue weighted by Crippen LogP contribution is 2.48. The number of hydrogen-bond donors (Lipinski definition) is 0. The van der Waals surface area contributed by atoms with Crippen LogP contribution in [0.15, 0.2) is 12.2 Å². The van der Waals surface area contributed by atoms with E-state index in [1.807, 2.05) is 0 Å². The van der Waals surface area contributed by atoms with Crippen LogP contribution in [0.5, 0.6) is 0 Å². The summed E-state index contributed by atoms with van der Waals surface area (Å²) in [6.07, 6.45) is 18.5. The van der Waals surface area contributed by atoms with Crippen molar-refractivity contribution in [2.24, 2.45) is 35.5 Å². The third-order valence-electron chi connectivity index (χ3n) is 6.64. The van der Waals surface area contributed by atoms with Crippen molar-refractivity contribution in [3.05, 3.63) is 12.2 Å². The lowest BCUT2D eigenvalue weighted by atomic mass is 9.75. The summed E-state index contributed by atoms with van der Waals surface area (Å²) in [5, 5.41) is 0. The first-order chi connectivity index (χ1) is 9.26. The van der Waals surface area contributed by atoms with Gasteiger partial charge in [0, 0.05) is 0 Å². The normalized spacial score (nSPS) is 42.7. The summed E-state index contributed by atoms with van der Waals surface area (Å²) in [4.78, 5) is 0. The van der Waals surface area contributed by atoms with Gasteiger partial charge in [-0.1, -0.05) is 70.9 Å². The van der Waals surface area contributed by atoms with Crippen molar-refractivity contribution >= 4 is 0 Å². The van der Waals surface area contributed by atoms with Gasteiger partial charge < -0.3 is 0 Å². The molecule has 19 heavy (non-hydrogen) atoms. The van der Waals surface area contributed by atoms with Gasteiger partial charge in [-0.15, -0.1) is 0 Å². The van der Waals surface area contributed by atoms with Crippen molar-refractivity contribution in [1.82, 2.24) is 0 Å². The van der Waals surface area contributed by atoms with E-state index in [-0.39, 0.29) is 0 Å². The Kier molecular flexibility index (Phi) is 4.34. The zero-order valence-electron chi connectivity index (χ0n) is 13.0. The first-order valence-corrected chi connectivity index (χ1v) is 8.94. The molecule has 3 aliphatic rings. The molecule has 0 N–H and O–H groups in total. The lowest BCUT2D eigenvalue weighted by Gasteiger charge is -2.30. The van der Waals surface area contributed by atoms with Crippen LogP contribution in [0.3, 0.4) is 0 Å². The van der Waals surface area contributed by atoms with Gasteiger partial charge in [-0.25, -0.2) is 0 Å². The quantitative estimate of drug-likeness (QED) is 0.545. The van der Waals surface area contributed by atoms with Crippen molar-refractivity contribution in [2.45, 2.75) is 71.6 Å². The van der Waals surface area contributed by atoms with Crippen molar-refractivity contribution in [2.75, 3.05) is 0 Å². The summed E-state index contributed by atoms with van der Waals surface area (Å²) >= 11 is 0. The van der Waals surface area contributed by atoms with Gasteiger partial charge in [0.2, 0.25) is 0 Å². The second kappa shape index (κ2) is 6.02. The maximum absolute atomic E-state index is 2.54. The highest BCUT2D eigenvalue weighted by molar-refractivity contribution is 5.10. The molecule has 0 spiro atoms. The second-order valence-corrected chi connectivity index (χ2v) is 7.79. The van der Waals surface area contributed by atoms with Gasteiger partial charge in [0.1, 0.15) is 0 Å². The minimum Gasteiger partial charge on any atom is -0.0851 e. The maximum Gasteiger partial charge on any atom is -0.0197 e. The average molecular weight is 260 g/mol. The van der Waals surface area contributed by atoms with E-state index < -0.39 is 0 Å². The van der Waals surface area contributed by atoms with E-state index in [0.717, 1.165) is 35.5 Å². The Morgan fingerprint density at radius 2 is 1.74 bits per heavy atom. The Bertz CT molecular complexity index is 308. The van der Waals surface area contributed by atoms with Crippen molar-refractivity contribution < 1.29 is 0 Å². The van der Waals surface area contributed by atoms with Crippen LogP contribution >= 0.6 is 0 Å². The lowest BCUT2D eigenvalue weighted by molar-refractivity contribution is 0.222. The minimum absolute atomic E-state index is 0.954. The van der Waals surface area contributed by atoms with Crippen molar-refractivity contribution in [1.29, 1.82) is 0 Å². The van der Waals surface area contributed by atoms with Gasteiger partial charge in [0.25, 0.3) is 0 Å². The molecule has 0 heterocycles. The third-order valence-corrected chi connectivity index (χ3v) is 6.64. The van der Waals surface area contributed by atoms with Gasteiger partial charge in [-0.2, -0.15) is 0 Å². The summed E-state index contributed by atoms with van der Waals surface area (Å²) < 4.78 is 0. The first-order valence-electron chi connectivity index (χ1n) is 8.94. The third kappa shape index (κ3) is 3.09. The van der Waals surface area contributed by atoms with Crippen molar-refractivity contribution in [3.63, 3.8) is 0 Å². The zero-order chi connectivity index (χ0) is 13.2. The molecular formula is C19H32. The molecule has 0 amide bonds. The number of allylic oxidation sites excluding steroid dienone is 2. The second-order valence-electron chi connectivity index (χ2n) is 7.79. The number of rotatable bonds is 5. The van der Waals surface area contributed by atoms with E-state index >= 15 is 0 Å². The highest BCUT2D eigenvalue weighted by atomic mass is 14.4. The smallest absolute Gasteiger partial charge is 0.0197 e. The fourth-order valence-corrected chi connectivity index (χ4v) is 5.12. The average Bonchev–Trinajstić information content (AvgIpc) is 3.08. The van der Waals surface area contributed by atoms with E-state index in [4.69, 9.17) is 0 Å². The van der Waals surface area contributed by atoms with E-state index in [0.29, 0.717) is 0 Å². The molecule has 0 saturated heterocycles. The summed E-state index contributed by atoms with van der Waals surface area (Å²) in [6, 6.07) is 0. The predicted molar refractivity (Wildman–Crippen MR) is 83.0 cm³/mol. The van der Waals surface area contributed by atoms with Crippen LogP contribution in [0.2, 0.25) is 0 Å². The molecule has 2 fully saturated rings. The Morgan fingerprint density at radius 1 is 1.00 bits per heavy atom. The monoisotopic (exact) mass is 260 g/mol. The molecule has 4 atom stereocenters. The van der Waals surface area contributed by atoms with Crippen LogP contribution in [-0.4, -0.2) is 0 Å². The molecule has 108 valence electrons. The summed E-state index contributed by atoms with van der Waals surface area (Å²) in [6.45, 7) is 4.91. The Labute approximate surface area is 120 Å². The Morgan fingerprint density at radius 3 is 2.32 bits per heavy atom. The van der Waals surface area contributed by atoms with Gasteiger partial charge in [-0.05, 0) is 48.3 Å². The SMILES string of the molecule is CCC1CCC(CCC(C)C2CC3C=CC2C3)CC1. The molecule has 4 unspecified atom stereocenters. The van der Waals surface area contributed by atoms with Crippen LogP contribution in [0.25, 0.3) is 0 Å². The molecule has 0 aromatic heterocycles. The van der Waals surface area contributed by atoms with Crippen LogP contribution in [0, 0.1) is 35.5 Å². The van der Waals surface area contributed by atoms with E-state index in [1.165, 1.54) is 57.8 Å². The van der Waals surface area contributed by atoms with E-state index in [2.05, 4.69) is 26.0 Å². The summed E-state index contributed by atoms with van der Waals surface area (Å²) in [7, 11) is 0. The highest BCUT2D eigenvalue weighted by Gasteiger charge is 2.38. The summed E-state index contributed by atoms with van der Waals surface area (Å²) in [5.41, 5.74) is 0. The molecule has 0 aromatic rings. The Hall–Kier alpha value is -0.260. The van der Waals surface area contributed by atoms with Crippen LogP contribution in [-0.2, 0) is 0 Å². The molecular weight excluding hydrogens is 228 g/mol. The molecule has 0 heteroatoms. The van der Waals surface area contributed by atoms with Crippen molar-refractivity contribution in [3.8, 4) is 0 Å². The predicted octanol–water partition coefficient (Wildman–Crippen LogP) is 5.83. The largest absolute Gasteiger partial charge is 0.0851 e. The lowest BCUT2D eigenvalue weighted by Crippen LogP contribution is -2.19. The van der Waals surface area contributed by atoms with Gasteiger partial charge in [0.05, 0.1) is 0 Å². The minimum atomic E-state index is 0.954. The van der Waals surface area contributed by atoms with Gasteiger partial charge >= 0.3 is 0 Å². The molecule has 0 nitrogen and oxygen atoms in total. The fourth-order valence-electron chi connectivity index (χ4n) is 5.12. The van der Waals surface area contributed by atoms with Crippen LogP contribution < -0.4 is 0 Å². The van der Waals surface area contributed by atoms with Crippen LogP contribution in [0.4, 0.5) is 0 Å². The van der Waals surface area contributed by atoms with Gasteiger partial charge in [0.15, 0.2) is 0 Å². The standard InChI is InChI=1S/C19H32/c1-3-15-6-8-16(9-7-15)5-4-14(2)19-13-17-10-11-18(19)12-17/h10-11,14-19H,3-9,12-13H2,1-2H3. The van der Waals surface area contributed by atoms with Crippen LogP contribution in [0.1, 0.15) is 71.6 Å². The zero-order valence-corrected chi connectivity index (χ0v) is 13.0. The summed E-state index contributed by atoms with van der Waals surface area (Å²) in [5.74, 6) is 6.04. The molecule has 0 radical (unpaired) electrons. The molecule has 3 rings (SSSR count). The molecule has 2 saturated carbocycles. The Balaban J connectivity index is 1.39. The fraction of sp³-hybridized carbons (Fsp3) is 0.895. The number of fused-ring (bicyclic) bond motifs is 2. The van der Waals surface area contributed by atoms with E-state index in [9.17, 15) is 0 Å². The molecule has 0 aromatic carbocycles. The van der Waals surface area contributed by atoms with E-state index in [1.54, 1.807) is 0 Å². The maximum atomic E-state index is 2.54. The van der Waals surface area contributed by atoms with Gasteiger partial charge in [-0.3, -0.25) is 0 Å². The molecule has 3 aliphatic carbocycles. The molecule has 2 bridgehead atoms. The first kappa shape index (κ1) is 13.7.